The largest absolute Gasteiger partial charge is 2.00 e. The first-order valence-corrected chi connectivity index (χ1v) is 0.908. The van der Waals surface area contributed by atoms with Crippen LogP contribution in [0.2, 0.25) is 0 Å². The number of hydrogen-bond donors (Lipinski definition) is 0. The third-order valence-corrected chi connectivity index (χ3v) is 0. The summed E-state index contributed by atoms with van der Waals surface area (Å²) in [6.07, 6.45) is 0. The molecular weight excluding hydrogens is 230 g/mol. The molecule has 0 saturated carbocycles. The fourth-order valence-electron chi connectivity index (χ4n) is 0. The summed E-state index contributed by atoms with van der Waals surface area (Å²) >= 11 is 0. The molecule has 0 rings (SSSR count). The van der Waals surface area contributed by atoms with E-state index in [4.69, 9.17) is 9.90 Å². The topological polar surface area (TPSA) is 40.1 Å². The van der Waals surface area contributed by atoms with Gasteiger partial charge in [0, 0.05) is 5.97 Å². The van der Waals surface area contributed by atoms with Gasteiger partial charge in [0.2, 0.25) is 0 Å². The number of carboxylic acids is 1. The first-order valence-electron chi connectivity index (χ1n) is 0.908. The van der Waals surface area contributed by atoms with Crippen molar-refractivity contribution < 1.29 is 103 Å². The van der Waals surface area contributed by atoms with Crippen LogP contribution < -0.4 is 81.3 Å². The molecule has 0 aromatic rings. The first-order chi connectivity index (χ1) is 1.73. The third kappa shape index (κ3) is 87.6. The maximum absolute atomic E-state index is 8.89. The number of carbonyl (C=O) groups excluding carboxylic acids is 1. The quantitative estimate of drug-likeness (QED) is 0.389. The van der Waals surface area contributed by atoms with Crippen LogP contribution in [0.15, 0.2) is 0 Å². The summed E-state index contributed by atoms with van der Waals surface area (Å²) in [5.74, 6) is -1.08. The fourth-order valence-corrected chi connectivity index (χ4v) is 0. The molecular formula is C2H3Cl2CuKO2. The van der Waals surface area contributed by atoms with E-state index in [1.54, 1.807) is 0 Å². The molecule has 0 fully saturated rings. The molecule has 0 amide bonds. The Kier molecular flexibility index (Phi) is 91.2. The smallest absolute Gasteiger partial charge is 1.00 e. The van der Waals surface area contributed by atoms with Crippen molar-refractivity contribution >= 4 is 5.97 Å². The van der Waals surface area contributed by atoms with E-state index in [9.17, 15) is 0 Å². The zero-order valence-corrected chi connectivity index (χ0v) is 9.95. The molecule has 2 nitrogen and oxygen atoms in total. The van der Waals surface area contributed by atoms with Crippen LogP contribution in [0.4, 0.5) is 0 Å². The Labute approximate surface area is 114 Å². The normalized spacial score (nSPS) is 3.12. The predicted octanol–water partition coefficient (Wildman–Crippen LogP) is -10.2. The maximum Gasteiger partial charge on any atom is 2.00 e. The average Bonchev–Trinajstić information content (AvgIpc) is 0.811. The van der Waals surface area contributed by atoms with Crippen LogP contribution in [0, 0.1) is 0 Å². The Morgan fingerprint density at radius 3 is 1.38 bits per heavy atom. The summed E-state index contributed by atoms with van der Waals surface area (Å²) in [6.45, 7) is 0.972. The number of halogens is 2. The van der Waals surface area contributed by atoms with Crippen LogP contribution in [0.3, 0.4) is 0 Å². The number of aliphatic carboxylic acids is 1. The molecule has 0 aliphatic rings. The fraction of sp³-hybridized carbons (Fsp3) is 0.500. The minimum Gasteiger partial charge on any atom is -1.00 e. The van der Waals surface area contributed by atoms with Crippen molar-refractivity contribution in [2.45, 2.75) is 6.92 Å². The minimum absolute atomic E-state index is 0. The van der Waals surface area contributed by atoms with Gasteiger partial charge in [0.15, 0.2) is 0 Å². The van der Waals surface area contributed by atoms with Gasteiger partial charge >= 0.3 is 68.5 Å². The van der Waals surface area contributed by atoms with Crippen LogP contribution in [-0.2, 0) is 21.9 Å². The summed E-state index contributed by atoms with van der Waals surface area (Å²) < 4.78 is 0. The van der Waals surface area contributed by atoms with Gasteiger partial charge in [0.25, 0.3) is 0 Å². The predicted molar refractivity (Wildman–Crippen MR) is 10.7 cm³/mol. The Hall–Kier alpha value is 2.21. The van der Waals surface area contributed by atoms with Crippen molar-refractivity contribution in [3.8, 4) is 0 Å². The Balaban J connectivity index is -0.00000000750. The SMILES string of the molecule is CC(=O)[O-].[Cl-].[Cl-].[Cu+2].[K+]. The maximum atomic E-state index is 8.89. The van der Waals surface area contributed by atoms with E-state index in [-0.39, 0.29) is 93.3 Å². The number of carbonyl (C=O) groups is 1. The summed E-state index contributed by atoms with van der Waals surface area (Å²) in [7, 11) is 0. The van der Waals surface area contributed by atoms with Gasteiger partial charge in [-0.15, -0.1) is 0 Å². The Morgan fingerprint density at radius 2 is 1.38 bits per heavy atom. The second-order valence-corrected chi connectivity index (χ2v) is 0.492. The van der Waals surface area contributed by atoms with Crippen LogP contribution in [0.25, 0.3) is 0 Å². The molecule has 0 bridgehead atoms. The zero-order valence-electron chi connectivity index (χ0n) is 4.37. The standard InChI is InChI=1S/C2H4O2.2ClH.Cu.K/c1-2(3)4;;;;/h1H3,(H,3,4);2*1H;;/q;;;+2;+1/p-3. The van der Waals surface area contributed by atoms with E-state index in [0.717, 1.165) is 6.92 Å². The van der Waals surface area contributed by atoms with E-state index < -0.39 is 5.97 Å². The van der Waals surface area contributed by atoms with Gasteiger partial charge < -0.3 is 34.7 Å². The summed E-state index contributed by atoms with van der Waals surface area (Å²) in [5.41, 5.74) is 0. The third-order valence-electron chi connectivity index (χ3n) is 0. The second kappa shape index (κ2) is 22.9. The van der Waals surface area contributed by atoms with E-state index in [0.29, 0.717) is 0 Å². The molecule has 8 heavy (non-hydrogen) atoms. The van der Waals surface area contributed by atoms with E-state index in [2.05, 4.69) is 0 Å². The summed E-state index contributed by atoms with van der Waals surface area (Å²) in [6, 6.07) is 0. The van der Waals surface area contributed by atoms with E-state index in [1.807, 2.05) is 0 Å². The van der Waals surface area contributed by atoms with Crippen LogP contribution >= 0.6 is 0 Å². The molecule has 0 aromatic heterocycles. The van der Waals surface area contributed by atoms with Gasteiger partial charge in [0.1, 0.15) is 0 Å². The average molecular weight is 233 g/mol. The van der Waals surface area contributed by atoms with Crippen molar-refractivity contribution in [1.82, 2.24) is 0 Å². The second-order valence-electron chi connectivity index (χ2n) is 0.492. The van der Waals surface area contributed by atoms with Crippen LogP contribution in [0.1, 0.15) is 6.92 Å². The van der Waals surface area contributed by atoms with Gasteiger partial charge in [-0.1, -0.05) is 0 Å². The molecule has 0 aromatic carbocycles. The molecule has 0 N–H and O–H groups in total. The summed E-state index contributed by atoms with van der Waals surface area (Å²) in [4.78, 5) is 8.89. The first kappa shape index (κ1) is 31.9. The molecule has 0 aliphatic heterocycles. The monoisotopic (exact) mass is 231 g/mol. The van der Waals surface area contributed by atoms with Crippen molar-refractivity contribution in [1.29, 1.82) is 0 Å². The van der Waals surface area contributed by atoms with Crippen molar-refractivity contribution in [2.75, 3.05) is 0 Å². The van der Waals surface area contributed by atoms with Crippen molar-refractivity contribution in [2.24, 2.45) is 0 Å². The molecule has 1 radical (unpaired) electrons. The molecule has 0 saturated heterocycles. The van der Waals surface area contributed by atoms with Crippen molar-refractivity contribution in [3.05, 3.63) is 0 Å². The molecule has 0 heterocycles. The number of hydrogen-bond acceptors (Lipinski definition) is 2. The van der Waals surface area contributed by atoms with Gasteiger partial charge in [-0.3, -0.25) is 0 Å². The Bertz CT molecular complexity index is 41.0. The van der Waals surface area contributed by atoms with Crippen molar-refractivity contribution in [3.63, 3.8) is 0 Å². The number of carboxylic acid groups (broad SMARTS) is 1. The zero-order chi connectivity index (χ0) is 3.58. The molecule has 0 aliphatic carbocycles. The van der Waals surface area contributed by atoms with E-state index >= 15 is 0 Å². The minimum atomic E-state index is -1.08. The summed E-state index contributed by atoms with van der Waals surface area (Å²) in [5, 5.41) is 8.89. The number of rotatable bonds is 0. The Morgan fingerprint density at radius 1 is 1.38 bits per heavy atom. The van der Waals surface area contributed by atoms with Crippen LogP contribution in [0.5, 0.6) is 0 Å². The molecule has 0 atom stereocenters. The van der Waals surface area contributed by atoms with E-state index in [1.165, 1.54) is 0 Å². The molecule has 0 unspecified atom stereocenters. The molecule has 49 valence electrons. The van der Waals surface area contributed by atoms with Gasteiger partial charge in [0.05, 0.1) is 0 Å². The van der Waals surface area contributed by atoms with Gasteiger partial charge in [-0.2, -0.15) is 0 Å². The van der Waals surface area contributed by atoms with Gasteiger partial charge in [-0.25, -0.2) is 0 Å². The molecule has 6 heteroatoms. The van der Waals surface area contributed by atoms with Gasteiger partial charge in [-0.05, 0) is 6.92 Å². The molecule has 0 spiro atoms. The van der Waals surface area contributed by atoms with Crippen LogP contribution in [-0.4, -0.2) is 5.97 Å².